The van der Waals surface area contributed by atoms with Gasteiger partial charge in [-0.15, -0.1) is 0 Å². The second-order valence-electron chi connectivity index (χ2n) is 7.54. The van der Waals surface area contributed by atoms with E-state index in [0.29, 0.717) is 49.9 Å². The number of phosphoric acid groups is 1. The number of rotatable bonds is 9. The van der Waals surface area contributed by atoms with Gasteiger partial charge in [-0.05, 0) is 26.2 Å². The lowest BCUT2D eigenvalue weighted by molar-refractivity contribution is -0.151. The minimum atomic E-state index is -4.64. The normalized spacial score (nSPS) is 24.6. The number of nitrogens with two attached hydrogens (primary N) is 1. The Kier molecular flexibility index (Phi) is 9.84. The Labute approximate surface area is 194 Å². The SMILES string of the molecule is CCOC(=O)CCCCC[C@@]1(n2cnc3c(N)ncnc32)O[C@H](CO)[C@@H](O)[C@H]1O.O=P(O)(O)O. The molecule has 192 valence electrons. The van der Waals surface area contributed by atoms with Crippen molar-refractivity contribution in [3.63, 3.8) is 0 Å². The molecule has 15 nitrogen and oxygen atoms in total. The number of carbonyl (C=O) groups is 1. The number of unbranched alkanes of at least 4 members (excludes halogenated alkanes) is 2. The molecular formula is C18H30N5O10P. The molecule has 1 aliphatic heterocycles. The first kappa shape index (κ1) is 28.0. The van der Waals surface area contributed by atoms with Gasteiger partial charge in [0.1, 0.15) is 30.2 Å². The zero-order chi connectivity index (χ0) is 25.5. The molecule has 0 spiro atoms. The number of aromatic nitrogens is 4. The molecule has 0 amide bonds. The molecule has 0 aliphatic carbocycles. The van der Waals surface area contributed by atoms with E-state index >= 15 is 0 Å². The van der Waals surface area contributed by atoms with E-state index in [2.05, 4.69) is 15.0 Å². The zero-order valence-electron chi connectivity index (χ0n) is 18.5. The molecule has 0 radical (unpaired) electrons. The number of anilines is 1. The summed E-state index contributed by atoms with van der Waals surface area (Å²) in [6.07, 6.45) is 1.66. The van der Waals surface area contributed by atoms with Crippen LogP contribution in [0.2, 0.25) is 0 Å². The number of imidazole rings is 1. The molecule has 34 heavy (non-hydrogen) atoms. The number of aliphatic hydroxyl groups excluding tert-OH is 3. The van der Waals surface area contributed by atoms with Gasteiger partial charge in [0, 0.05) is 6.42 Å². The lowest BCUT2D eigenvalue weighted by atomic mass is 9.96. The Morgan fingerprint density at radius 2 is 1.91 bits per heavy atom. The molecule has 1 saturated heterocycles. The summed E-state index contributed by atoms with van der Waals surface area (Å²) in [6, 6.07) is 0. The first-order valence-electron chi connectivity index (χ1n) is 10.5. The van der Waals surface area contributed by atoms with Crippen LogP contribution in [-0.4, -0.2) is 87.0 Å². The van der Waals surface area contributed by atoms with Gasteiger partial charge in [-0.3, -0.25) is 9.36 Å². The van der Waals surface area contributed by atoms with E-state index < -0.39 is 38.5 Å². The molecule has 2 aromatic heterocycles. The maximum atomic E-state index is 11.5. The molecule has 0 bridgehead atoms. The summed E-state index contributed by atoms with van der Waals surface area (Å²) in [6.45, 7) is 1.66. The van der Waals surface area contributed by atoms with Crippen molar-refractivity contribution in [1.82, 2.24) is 19.5 Å². The molecular weight excluding hydrogens is 477 g/mol. The molecule has 3 rings (SSSR count). The Morgan fingerprint density at radius 3 is 2.50 bits per heavy atom. The standard InChI is InChI=1S/C18H27N5O6.H3O4P/c1-2-28-12(25)6-4-3-5-7-18(15(27)14(26)11(8-24)29-18)23-10-22-13-16(19)20-9-21-17(13)23;1-5(2,3)4/h9-11,14-15,24,26-27H,2-8H2,1H3,(H2,19,20,21);(H3,1,2,3,4)/t11-,14-,15-,18-;/m1./s1. The predicted molar refractivity (Wildman–Crippen MR) is 116 cm³/mol. The smallest absolute Gasteiger partial charge is 0.466 e. The summed E-state index contributed by atoms with van der Waals surface area (Å²) < 4.78 is 21.3. The summed E-state index contributed by atoms with van der Waals surface area (Å²) >= 11 is 0. The maximum absolute atomic E-state index is 11.5. The van der Waals surface area contributed by atoms with E-state index in [9.17, 15) is 20.1 Å². The number of aliphatic hydroxyl groups is 3. The number of carbonyl (C=O) groups excluding carboxylic acids is 1. The van der Waals surface area contributed by atoms with Crippen LogP contribution in [0.4, 0.5) is 5.82 Å². The molecule has 8 N–H and O–H groups in total. The van der Waals surface area contributed by atoms with Crippen molar-refractivity contribution in [3.8, 4) is 0 Å². The van der Waals surface area contributed by atoms with E-state index in [-0.39, 0.29) is 11.8 Å². The lowest BCUT2D eigenvalue weighted by Crippen LogP contribution is -2.45. The highest BCUT2D eigenvalue weighted by molar-refractivity contribution is 7.45. The van der Waals surface area contributed by atoms with Crippen LogP contribution in [0.25, 0.3) is 11.2 Å². The Bertz CT molecular complexity index is 992. The summed E-state index contributed by atoms with van der Waals surface area (Å²) in [5.41, 5.74) is 5.18. The van der Waals surface area contributed by atoms with Crippen LogP contribution in [0.1, 0.15) is 39.0 Å². The van der Waals surface area contributed by atoms with Gasteiger partial charge in [-0.25, -0.2) is 19.5 Å². The molecule has 0 aromatic carbocycles. The number of ether oxygens (including phenoxy) is 2. The topological polar surface area (TPSA) is 244 Å². The summed E-state index contributed by atoms with van der Waals surface area (Å²) in [7, 11) is -4.64. The predicted octanol–water partition coefficient (Wildman–Crippen LogP) is -1.24. The molecule has 16 heteroatoms. The Hall–Kier alpha value is -2.23. The maximum Gasteiger partial charge on any atom is 0.466 e. The number of hydrogen-bond acceptors (Lipinski definition) is 11. The highest BCUT2D eigenvalue weighted by atomic mass is 31.2. The van der Waals surface area contributed by atoms with Crippen LogP contribution >= 0.6 is 7.82 Å². The summed E-state index contributed by atoms with van der Waals surface area (Å²) in [4.78, 5) is 45.4. The number of nitrogens with zero attached hydrogens (tertiary/aromatic N) is 4. The first-order valence-corrected chi connectivity index (χ1v) is 12.0. The second-order valence-corrected chi connectivity index (χ2v) is 8.57. The number of hydrogen-bond donors (Lipinski definition) is 7. The molecule has 0 unspecified atom stereocenters. The average Bonchev–Trinajstić information content (AvgIpc) is 3.29. The first-order chi connectivity index (χ1) is 15.9. The van der Waals surface area contributed by atoms with Gasteiger partial charge in [0.25, 0.3) is 0 Å². The van der Waals surface area contributed by atoms with Gasteiger partial charge in [-0.1, -0.05) is 6.42 Å². The van der Waals surface area contributed by atoms with Crippen LogP contribution in [0.15, 0.2) is 12.7 Å². The highest BCUT2D eigenvalue weighted by Crippen LogP contribution is 2.41. The second kappa shape index (κ2) is 12.0. The van der Waals surface area contributed by atoms with Crippen molar-refractivity contribution in [2.45, 2.75) is 63.1 Å². The van der Waals surface area contributed by atoms with Crippen molar-refractivity contribution in [2.75, 3.05) is 18.9 Å². The third-order valence-corrected chi connectivity index (χ3v) is 5.19. The van der Waals surface area contributed by atoms with Crippen molar-refractivity contribution < 1.29 is 48.8 Å². The molecule has 1 aliphatic rings. The monoisotopic (exact) mass is 507 g/mol. The number of esters is 1. The third-order valence-electron chi connectivity index (χ3n) is 5.19. The van der Waals surface area contributed by atoms with Gasteiger partial charge in [0.15, 0.2) is 17.2 Å². The van der Waals surface area contributed by atoms with E-state index in [1.807, 2.05) is 0 Å². The van der Waals surface area contributed by atoms with Crippen LogP contribution in [0, 0.1) is 0 Å². The van der Waals surface area contributed by atoms with Crippen LogP contribution in [0.5, 0.6) is 0 Å². The third kappa shape index (κ3) is 6.90. The van der Waals surface area contributed by atoms with Crippen LogP contribution in [-0.2, 0) is 24.6 Å². The fraction of sp³-hybridized carbons (Fsp3) is 0.667. The number of fused-ring (bicyclic) bond motifs is 1. The van der Waals surface area contributed by atoms with Gasteiger partial charge in [0.2, 0.25) is 0 Å². The number of nitrogen functional groups attached to an aromatic ring is 1. The van der Waals surface area contributed by atoms with Gasteiger partial charge in [-0.2, -0.15) is 0 Å². The Morgan fingerprint density at radius 1 is 1.24 bits per heavy atom. The fourth-order valence-electron chi connectivity index (χ4n) is 3.73. The molecule has 0 saturated carbocycles. The molecule has 4 atom stereocenters. The van der Waals surface area contributed by atoms with E-state index in [0.717, 1.165) is 0 Å². The molecule has 1 fully saturated rings. The van der Waals surface area contributed by atoms with Crippen molar-refractivity contribution in [3.05, 3.63) is 12.7 Å². The van der Waals surface area contributed by atoms with E-state index in [4.69, 9.17) is 34.5 Å². The van der Waals surface area contributed by atoms with Gasteiger partial charge < -0.3 is 45.2 Å². The molecule has 2 aromatic rings. The molecule has 3 heterocycles. The average molecular weight is 507 g/mol. The van der Waals surface area contributed by atoms with Gasteiger partial charge in [0.05, 0.1) is 19.5 Å². The fourth-order valence-corrected chi connectivity index (χ4v) is 3.73. The quantitative estimate of drug-likeness (QED) is 0.119. The highest BCUT2D eigenvalue weighted by Gasteiger charge is 2.55. The van der Waals surface area contributed by atoms with Crippen molar-refractivity contribution >= 4 is 30.8 Å². The largest absolute Gasteiger partial charge is 0.466 e. The van der Waals surface area contributed by atoms with Crippen LogP contribution in [0.3, 0.4) is 0 Å². The van der Waals surface area contributed by atoms with E-state index in [1.165, 1.54) is 17.2 Å². The zero-order valence-corrected chi connectivity index (χ0v) is 19.4. The van der Waals surface area contributed by atoms with Crippen molar-refractivity contribution in [1.29, 1.82) is 0 Å². The van der Waals surface area contributed by atoms with Crippen molar-refractivity contribution in [2.24, 2.45) is 0 Å². The summed E-state index contributed by atoms with van der Waals surface area (Å²) in [5.74, 6) is -0.0620. The lowest BCUT2D eigenvalue weighted by Gasteiger charge is -2.34. The van der Waals surface area contributed by atoms with Crippen LogP contribution < -0.4 is 5.73 Å². The minimum Gasteiger partial charge on any atom is -0.466 e. The minimum absolute atomic E-state index is 0.185. The van der Waals surface area contributed by atoms with Gasteiger partial charge >= 0.3 is 13.8 Å². The summed E-state index contributed by atoms with van der Waals surface area (Å²) in [5, 5.41) is 30.8. The van der Waals surface area contributed by atoms with E-state index in [1.54, 1.807) is 6.92 Å². The Balaban J connectivity index is 0.000000739.